The van der Waals surface area contributed by atoms with E-state index in [1.807, 2.05) is 35.1 Å². The molecule has 0 saturated carbocycles. The smallest absolute Gasteiger partial charge is 0.248 e. The SMILES string of the molecule is CCCOCc1ccccc1CNC(=O)C1(n2cccn2)CCNCC1.Cl. The van der Waals surface area contributed by atoms with Crippen molar-refractivity contribution in [2.24, 2.45) is 0 Å². The molecular formula is C20H29ClN4O2. The third kappa shape index (κ3) is 5.09. The Morgan fingerprint density at radius 2 is 2.00 bits per heavy atom. The minimum Gasteiger partial charge on any atom is -0.377 e. The zero-order valence-corrected chi connectivity index (χ0v) is 16.6. The van der Waals surface area contributed by atoms with Crippen LogP contribution in [0.25, 0.3) is 0 Å². The van der Waals surface area contributed by atoms with E-state index >= 15 is 0 Å². The van der Waals surface area contributed by atoms with Gasteiger partial charge in [-0.05, 0) is 49.5 Å². The van der Waals surface area contributed by atoms with Crippen molar-refractivity contribution in [1.29, 1.82) is 0 Å². The molecule has 1 aromatic carbocycles. The molecule has 2 heterocycles. The van der Waals surface area contributed by atoms with Gasteiger partial charge >= 0.3 is 0 Å². The van der Waals surface area contributed by atoms with Crippen LogP contribution in [0.4, 0.5) is 0 Å². The molecule has 148 valence electrons. The average Bonchev–Trinajstić information content (AvgIpc) is 3.23. The first-order valence-electron chi connectivity index (χ1n) is 9.40. The molecule has 0 unspecified atom stereocenters. The maximum absolute atomic E-state index is 13.1. The molecule has 6 nitrogen and oxygen atoms in total. The molecule has 1 aliphatic heterocycles. The fourth-order valence-corrected chi connectivity index (χ4v) is 3.46. The number of hydrogen-bond acceptors (Lipinski definition) is 4. The molecule has 0 bridgehead atoms. The average molecular weight is 393 g/mol. The highest BCUT2D eigenvalue weighted by molar-refractivity contribution is 5.85. The molecule has 1 aromatic heterocycles. The summed E-state index contributed by atoms with van der Waals surface area (Å²) in [5.41, 5.74) is 1.61. The Hall–Kier alpha value is -1.89. The molecule has 3 rings (SSSR count). The topological polar surface area (TPSA) is 68.2 Å². The van der Waals surface area contributed by atoms with Gasteiger partial charge in [0.2, 0.25) is 5.91 Å². The monoisotopic (exact) mass is 392 g/mol. The fourth-order valence-electron chi connectivity index (χ4n) is 3.46. The molecule has 1 saturated heterocycles. The Morgan fingerprint density at radius 3 is 2.67 bits per heavy atom. The first-order valence-corrected chi connectivity index (χ1v) is 9.40. The summed E-state index contributed by atoms with van der Waals surface area (Å²) in [5.74, 6) is 0.0342. The van der Waals surface area contributed by atoms with Crippen LogP contribution in [0.1, 0.15) is 37.3 Å². The van der Waals surface area contributed by atoms with Gasteiger partial charge in [0.25, 0.3) is 0 Å². The molecule has 0 radical (unpaired) electrons. The van der Waals surface area contributed by atoms with Gasteiger partial charge < -0.3 is 15.4 Å². The van der Waals surface area contributed by atoms with E-state index in [0.717, 1.165) is 50.1 Å². The Kier molecular flexibility index (Phi) is 8.28. The largest absolute Gasteiger partial charge is 0.377 e. The van der Waals surface area contributed by atoms with Crippen LogP contribution in [0.15, 0.2) is 42.7 Å². The normalized spacial score (nSPS) is 15.7. The van der Waals surface area contributed by atoms with Gasteiger partial charge in [-0.25, -0.2) is 0 Å². The van der Waals surface area contributed by atoms with E-state index in [4.69, 9.17) is 4.74 Å². The van der Waals surface area contributed by atoms with Crippen LogP contribution in [0.5, 0.6) is 0 Å². The lowest BCUT2D eigenvalue weighted by Gasteiger charge is -2.36. The van der Waals surface area contributed by atoms with Crippen LogP contribution in [-0.4, -0.2) is 35.4 Å². The van der Waals surface area contributed by atoms with Crippen molar-refractivity contribution in [1.82, 2.24) is 20.4 Å². The van der Waals surface area contributed by atoms with Crippen molar-refractivity contribution in [2.75, 3.05) is 19.7 Å². The van der Waals surface area contributed by atoms with Crippen LogP contribution in [0.3, 0.4) is 0 Å². The number of piperidine rings is 1. The first-order chi connectivity index (χ1) is 12.8. The molecule has 27 heavy (non-hydrogen) atoms. The van der Waals surface area contributed by atoms with E-state index in [-0.39, 0.29) is 18.3 Å². The van der Waals surface area contributed by atoms with E-state index in [9.17, 15) is 4.79 Å². The van der Waals surface area contributed by atoms with Gasteiger partial charge in [-0.3, -0.25) is 9.48 Å². The fraction of sp³-hybridized carbons (Fsp3) is 0.500. The third-order valence-corrected chi connectivity index (χ3v) is 4.96. The summed E-state index contributed by atoms with van der Waals surface area (Å²) in [6, 6.07) is 9.99. The van der Waals surface area contributed by atoms with E-state index in [1.165, 1.54) is 0 Å². The maximum Gasteiger partial charge on any atom is 0.248 e. The summed E-state index contributed by atoms with van der Waals surface area (Å²) in [6.07, 6.45) is 6.09. The quantitative estimate of drug-likeness (QED) is 0.677. The van der Waals surface area contributed by atoms with Gasteiger partial charge in [0, 0.05) is 25.5 Å². The number of rotatable bonds is 8. The minimum absolute atomic E-state index is 0. The molecule has 1 amide bonds. The standard InChI is InChI=1S/C20H28N4O2.ClH/c1-2-14-26-16-18-7-4-3-6-17(18)15-22-19(25)20(8-11-21-12-9-20)24-13-5-10-23-24;/h3-7,10,13,21H,2,8-9,11-12,14-16H2,1H3,(H,22,25);1H. The zero-order valence-electron chi connectivity index (χ0n) is 15.8. The molecule has 2 N–H and O–H groups in total. The number of halogens is 1. The van der Waals surface area contributed by atoms with Gasteiger partial charge in [-0.1, -0.05) is 31.2 Å². The summed E-state index contributed by atoms with van der Waals surface area (Å²) in [6.45, 7) is 5.55. The van der Waals surface area contributed by atoms with Crippen molar-refractivity contribution in [2.45, 2.75) is 44.9 Å². The number of hydrogen-bond donors (Lipinski definition) is 2. The van der Waals surface area contributed by atoms with E-state index < -0.39 is 5.54 Å². The summed E-state index contributed by atoms with van der Waals surface area (Å²) >= 11 is 0. The van der Waals surface area contributed by atoms with Gasteiger partial charge in [0.1, 0.15) is 5.54 Å². The molecule has 0 aliphatic carbocycles. The highest BCUT2D eigenvalue weighted by Gasteiger charge is 2.41. The van der Waals surface area contributed by atoms with E-state index in [1.54, 1.807) is 6.20 Å². The van der Waals surface area contributed by atoms with Crippen molar-refractivity contribution in [3.8, 4) is 0 Å². The predicted octanol–water partition coefficient (Wildman–Crippen LogP) is 2.63. The Balaban J connectivity index is 0.00000261. The molecule has 1 aliphatic rings. The summed E-state index contributed by atoms with van der Waals surface area (Å²) in [7, 11) is 0. The van der Waals surface area contributed by atoms with Gasteiger partial charge in [0.05, 0.1) is 6.61 Å². The van der Waals surface area contributed by atoms with Crippen molar-refractivity contribution in [3.63, 3.8) is 0 Å². The number of nitrogens with one attached hydrogen (secondary N) is 2. The second kappa shape index (κ2) is 10.4. The minimum atomic E-state index is -0.609. The molecule has 2 aromatic rings. The van der Waals surface area contributed by atoms with Crippen molar-refractivity contribution < 1.29 is 9.53 Å². The lowest BCUT2D eigenvalue weighted by Crippen LogP contribution is -2.54. The van der Waals surface area contributed by atoms with Crippen LogP contribution in [0, 0.1) is 0 Å². The zero-order chi connectivity index (χ0) is 18.2. The number of aromatic nitrogens is 2. The predicted molar refractivity (Wildman–Crippen MR) is 108 cm³/mol. The lowest BCUT2D eigenvalue weighted by atomic mass is 9.87. The second-order valence-corrected chi connectivity index (χ2v) is 6.74. The van der Waals surface area contributed by atoms with Gasteiger partial charge in [0.15, 0.2) is 0 Å². The summed E-state index contributed by atoms with van der Waals surface area (Å²) < 4.78 is 7.50. The molecule has 0 atom stereocenters. The maximum atomic E-state index is 13.1. The highest BCUT2D eigenvalue weighted by atomic mass is 35.5. The number of carbonyl (C=O) groups is 1. The van der Waals surface area contributed by atoms with Crippen LogP contribution >= 0.6 is 12.4 Å². The first kappa shape index (κ1) is 21.4. The van der Waals surface area contributed by atoms with Crippen LogP contribution < -0.4 is 10.6 Å². The molecule has 1 fully saturated rings. The Labute approximate surface area is 167 Å². The van der Waals surface area contributed by atoms with Crippen molar-refractivity contribution >= 4 is 18.3 Å². The van der Waals surface area contributed by atoms with Crippen LogP contribution in [0.2, 0.25) is 0 Å². The number of benzene rings is 1. The Morgan fingerprint density at radius 1 is 1.26 bits per heavy atom. The van der Waals surface area contributed by atoms with Gasteiger partial charge in [-0.2, -0.15) is 5.10 Å². The van der Waals surface area contributed by atoms with E-state index in [0.29, 0.717) is 13.2 Å². The summed E-state index contributed by atoms with van der Waals surface area (Å²) in [4.78, 5) is 13.1. The van der Waals surface area contributed by atoms with Crippen LogP contribution in [-0.2, 0) is 28.2 Å². The lowest BCUT2D eigenvalue weighted by molar-refractivity contribution is -0.132. The molecular weight excluding hydrogens is 364 g/mol. The third-order valence-electron chi connectivity index (χ3n) is 4.96. The second-order valence-electron chi connectivity index (χ2n) is 6.74. The Bertz CT molecular complexity index is 700. The number of nitrogens with zero attached hydrogens (tertiary/aromatic N) is 2. The number of ether oxygens (including phenoxy) is 1. The molecule has 0 spiro atoms. The highest BCUT2D eigenvalue weighted by Crippen LogP contribution is 2.27. The number of carbonyl (C=O) groups excluding carboxylic acids is 1. The van der Waals surface area contributed by atoms with Crippen molar-refractivity contribution in [3.05, 3.63) is 53.9 Å². The van der Waals surface area contributed by atoms with Gasteiger partial charge in [-0.15, -0.1) is 12.4 Å². The van der Waals surface area contributed by atoms with E-state index in [2.05, 4.69) is 28.7 Å². The summed E-state index contributed by atoms with van der Waals surface area (Å²) in [5, 5.41) is 10.8. The molecule has 7 heteroatoms. The number of amides is 1.